The second-order valence-electron chi connectivity index (χ2n) is 4.56. The van der Waals surface area contributed by atoms with Crippen LogP contribution in [0, 0.1) is 23.8 Å². The van der Waals surface area contributed by atoms with Crippen molar-refractivity contribution in [3.05, 3.63) is 63.7 Å². The number of nitrogens with zero attached hydrogens (tertiary/aromatic N) is 2. The molecular formula is C13H8BrIN2O6. The molecule has 0 saturated heterocycles. The van der Waals surface area contributed by atoms with Crippen molar-refractivity contribution in [2.24, 2.45) is 0 Å². The maximum Gasteiger partial charge on any atom is 0.312 e. The molecule has 0 aliphatic rings. The minimum absolute atomic E-state index is 0.102. The average Bonchev–Trinajstić information content (AvgIpc) is 2.46. The van der Waals surface area contributed by atoms with Crippen LogP contribution in [-0.4, -0.2) is 20.1 Å². The van der Waals surface area contributed by atoms with Crippen LogP contribution in [0.5, 0.6) is 11.5 Å². The van der Waals surface area contributed by atoms with Crippen molar-refractivity contribution in [3.63, 3.8) is 0 Å². The molecular weight excluding hydrogens is 487 g/mol. The summed E-state index contributed by atoms with van der Waals surface area (Å²) in [7, 11) is 0. The predicted octanol–water partition coefficient (Wildman–Crippen LogP) is 3.87. The Morgan fingerprint density at radius 1 is 1.00 bits per heavy atom. The minimum Gasteiger partial charge on any atom is -0.506 e. The Bertz CT molecular complexity index is 827. The normalized spacial score (nSPS) is 10.5. The lowest BCUT2D eigenvalue weighted by atomic mass is 10.0. The van der Waals surface area contributed by atoms with Crippen LogP contribution >= 0.6 is 38.5 Å². The van der Waals surface area contributed by atoms with Gasteiger partial charge in [0.05, 0.1) is 14.3 Å². The monoisotopic (exact) mass is 494 g/mol. The Kier molecular flexibility index (Phi) is 5.04. The van der Waals surface area contributed by atoms with E-state index in [-0.39, 0.29) is 33.5 Å². The minimum atomic E-state index is -0.718. The highest BCUT2D eigenvalue weighted by Gasteiger charge is 2.21. The fourth-order valence-corrected chi connectivity index (χ4v) is 3.16. The molecule has 10 heteroatoms. The second-order valence-corrected chi connectivity index (χ2v) is 6.66. The van der Waals surface area contributed by atoms with Gasteiger partial charge in [-0.25, -0.2) is 0 Å². The predicted molar refractivity (Wildman–Crippen MR) is 92.7 cm³/mol. The number of hydrogen-bond donors (Lipinski definition) is 2. The number of benzene rings is 2. The number of rotatable bonds is 4. The maximum atomic E-state index is 10.9. The van der Waals surface area contributed by atoms with E-state index in [0.717, 1.165) is 12.1 Å². The van der Waals surface area contributed by atoms with Crippen LogP contribution in [0.4, 0.5) is 11.4 Å². The van der Waals surface area contributed by atoms with Crippen LogP contribution in [0.3, 0.4) is 0 Å². The van der Waals surface area contributed by atoms with Gasteiger partial charge < -0.3 is 10.2 Å². The summed E-state index contributed by atoms with van der Waals surface area (Å²) >= 11 is 4.88. The molecule has 0 aliphatic carbocycles. The molecule has 0 amide bonds. The van der Waals surface area contributed by atoms with Crippen molar-refractivity contribution < 1.29 is 20.1 Å². The van der Waals surface area contributed by atoms with Crippen LogP contribution in [-0.2, 0) is 6.42 Å². The number of hydrogen-bond acceptors (Lipinski definition) is 6. The molecule has 0 aromatic heterocycles. The number of nitro benzene ring substituents is 2. The molecule has 2 aromatic carbocycles. The molecule has 0 unspecified atom stereocenters. The third kappa shape index (κ3) is 3.69. The molecule has 0 atom stereocenters. The summed E-state index contributed by atoms with van der Waals surface area (Å²) in [5.41, 5.74) is -0.357. The summed E-state index contributed by atoms with van der Waals surface area (Å²) in [6.07, 6.45) is -0.102. The molecule has 2 N–H and O–H groups in total. The van der Waals surface area contributed by atoms with Gasteiger partial charge in [-0.2, -0.15) is 0 Å². The van der Waals surface area contributed by atoms with Crippen LogP contribution in [0.25, 0.3) is 0 Å². The van der Waals surface area contributed by atoms with Crippen molar-refractivity contribution in [1.82, 2.24) is 0 Å². The molecule has 2 rings (SSSR count). The molecule has 0 fully saturated rings. The van der Waals surface area contributed by atoms with Gasteiger partial charge in [0.15, 0.2) is 5.75 Å². The Morgan fingerprint density at radius 3 is 2.17 bits per heavy atom. The van der Waals surface area contributed by atoms with Crippen molar-refractivity contribution in [2.45, 2.75) is 6.42 Å². The molecule has 2 aromatic rings. The summed E-state index contributed by atoms with van der Waals surface area (Å²) in [6.45, 7) is 0. The van der Waals surface area contributed by atoms with Crippen molar-refractivity contribution in [3.8, 4) is 11.5 Å². The van der Waals surface area contributed by atoms with E-state index >= 15 is 0 Å². The number of halogens is 2. The van der Waals surface area contributed by atoms with E-state index in [4.69, 9.17) is 0 Å². The lowest BCUT2D eigenvalue weighted by molar-refractivity contribution is -0.386. The fraction of sp³-hybridized carbons (Fsp3) is 0.0769. The van der Waals surface area contributed by atoms with E-state index in [1.54, 1.807) is 0 Å². The molecule has 0 spiro atoms. The van der Waals surface area contributed by atoms with Gasteiger partial charge in [-0.15, -0.1) is 0 Å². The summed E-state index contributed by atoms with van der Waals surface area (Å²) in [5, 5.41) is 41.9. The fourth-order valence-electron chi connectivity index (χ4n) is 2.00. The zero-order valence-electron chi connectivity index (χ0n) is 11.2. The number of phenolic OH excluding ortho intramolecular Hbond substituents is 2. The third-order valence-electron chi connectivity index (χ3n) is 3.05. The highest BCUT2D eigenvalue weighted by atomic mass is 127. The molecule has 120 valence electrons. The summed E-state index contributed by atoms with van der Waals surface area (Å²) in [4.78, 5) is 20.5. The first-order valence-electron chi connectivity index (χ1n) is 6.02. The smallest absolute Gasteiger partial charge is 0.312 e. The quantitative estimate of drug-likeness (QED) is 0.377. The van der Waals surface area contributed by atoms with Gasteiger partial charge >= 0.3 is 5.69 Å². The highest BCUT2D eigenvalue weighted by Crippen LogP contribution is 2.38. The van der Waals surface area contributed by atoms with Gasteiger partial charge in [0.2, 0.25) is 0 Å². The number of non-ortho nitro benzene ring substituents is 1. The second kappa shape index (κ2) is 6.66. The topological polar surface area (TPSA) is 127 Å². The van der Waals surface area contributed by atoms with Gasteiger partial charge in [0, 0.05) is 39.3 Å². The van der Waals surface area contributed by atoms with Gasteiger partial charge in [-0.05, 0) is 44.6 Å². The van der Waals surface area contributed by atoms with Crippen molar-refractivity contribution in [1.29, 1.82) is 0 Å². The van der Waals surface area contributed by atoms with Gasteiger partial charge in [-0.3, -0.25) is 20.2 Å². The van der Waals surface area contributed by atoms with E-state index in [2.05, 4.69) is 15.9 Å². The lowest BCUT2D eigenvalue weighted by Gasteiger charge is -2.09. The average molecular weight is 495 g/mol. The van der Waals surface area contributed by atoms with E-state index in [0.29, 0.717) is 3.57 Å². The summed E-state index contributed by atoms with van der Waals surface area (Å²) in [5.74, 6) is -0.756. The first kappa shape index (κ1) is 17.4. The van der Waals surface area contributed by atoms with Crippen LogP contribution in [0.2, 0.25) is 0 Å². The van der Waals surface area contributed by atoms with Crippen LogP contribution in [0.1, 0.15) is 11.1 Å². The van der Waals surface area contributed by atoms with Gasteiger partial charge in [0.25, 0.3) is 5.69 Å². The first-order valence-corrected chi connectivity index (χ1v) is 7.89. The van der Waals surface area contributed by atoms with Crippen LogP contribution < -0.4 is 0 Å². The largest absolute Gasteiger partial charge is 0.506 e. The van der Waals surface area contributed by atoms with E-state index in [9.17, 15) is 30.4 Å². The molecule has 0 saturated carbocycles. The summed E-state index contributed by atoms with van der Waals surface area (Å²) in [6, 6.07) is 5.03. The third-order valence-corrected chi connectivity index (χ3v) is 4.28. The van der Waals surface area contributed by atoms with Gasteiger partial charge in [-0.1, -0.05) is 0 Å². The van der Waals surface area contributed by atoms with E-state index < -0.39 is 21.3 Å². The molecule has 23 heavy (non-hydrogen) atoms. The Hall–Kier alpha value is -1.95. The molecule has 0 aliphatic heterocycles. The Balaban J connectivity index is 2.56. The number of phenols is 2. The van der Waals surface area contributed by atoms with Crippen LogP contribution in [0.15, 0.2) is 28.7 Å². The molecule has 0 bridgehead atoms. The van der Waals surface area contributed by atoms with E-state index in [1.807, 2.05) is 22.6 Å². The standard InChI is InChI=1S/C13H8BrIN2O6/c14-10-5-9(16(20)21)3-7(12(10)18)1-6-2-8(15)4-11(13(6)19)17(22)23/h2-5,18-19H,1H2. The highest BCUT2D eigenvalue weighted by molar-refractivity contribution is 14.1. The number of nitro groups is 2. The van der Waals surface area contributed by atoms with Crippen molar-refractivity contribution in [2.75, 3.05) is 0 Å². The number of aromatic hydroxyl groups is 2. The molecule has 8 nitrogen and oxygen atoms in total. The van der Waals surface area contributed by atoms with E-state index in [1.165, 1.54) is 12.1 Å². The summed E-state index contributed by atoms with van der Waals surface area (Å²) < 4.78 is 0.646. The lowest BCUT2D eigenvalue weighted by Crippen LogP contribution is -1.97. The maximum absolute atomic E-state index is 10.9. The molecule has 0 heterocycles. The van der Waals surface area contributed by atoms with Crippen molar-refractivity contribution >= 4 is 49.9 Å². The first-order chi connectivity index (χ1) is 10.7. The zero-order chi connectivity index (χ0) is 17.3. The Morgan fingerprint density at radius 2 is 1.61 bits per heavy atom. The Labute approximate surface area is 151 Å². The SMILES string of the molecule is O=[N+]([O-])c1cc(Br)c(O)c(Cc2cc(I)cc([N+](=O)[O-])c2O)c1. The van der Waals surface area contributed by atoms with Gasteiger partial charge in [0.1, 0.15) is 5.75 Å². The molecule has 0 radical (unpaired) electrons. The zero-order valence-corrected chi connectivity index (χ0v) is 14.9.